The average Bonchev–Trinajstić information content (AvgIpc) is 3.43. The Bertz CT molecular complexity index is 1030. The second-order valence-corrected chi connectivity index (χ2v) is 10.5. The lowest BCUT2D eigenvalue weighted by molar-refractivity contribution is -0.131. The summed E-state index contributed by atoms with van der Waals surface area (Å²) in [4.78, 5) is 27.4. The van der Waals surface area contributed by atoms with Crippen LogP contribution in [0.3, 0.4) is 0 Å². The van der Waals surface area contributed by atoms with Crippen LogP contribution in [0, 0.1) is 0 Å². The van der Waals surface area contributed by atoms with Crippen molar-refractivity contribution in [3.05, 3.63) is 33.8 Å². The second-order valence-electron chi connectivity index (χ2n) is 7.61. The standard InChI is InChI=1S/C18H25N5O4S2/c1-29(26,27)21-10-6-14(7-11-21)17-19-22(13-15(24)20-8-2-3-9-20)18(25)23(17)16-5-4-12-28-16/h4-5,12,14H,2-3,6-11,13H2,1H3. The van der Waals surface area contributed by atoms with Crippen LogP contribution in [-0.4, -0.2) is 70.3 Å². The maximum Gasteiger partial charge on any atom is 0.351 e. The quantitative estimate of drug-likeness (QED) is 0.688. The van der Waals surface area contributed by atoms with Crippen LogP contribution >= 0.6 is 11.3 Å². The molecule has 9 nitrogen and oxygen atoms in total. The van der Waals surface area contributed by atoms with E-state index in [2.05, 4.69) is 5.10 Å². The van der Waals surface area contributed by atoms with Gasteiger partial charge in [0.25, 0.3) is 0 Å². The fourth-order valence-electron chi connectivity index (χ4n) is 4.04. The lowest BCUT2D eigenvalue weighted by Crippen LogP contribution is -2.37. The first kappa shape index (κ1) is 20.3. The van der Waals surface area contributed by atoms with Gasteiger partial charge in [0.05, 0.1) is 6.26 Å². The highest BCUT2D eigenvalue weighted by molar-refractivity contribution is 7.88. The van der Waals surface area contributed by atoms with Crippen LogP contribution in [0.1, 0.15) is 37.4 Å². The van der Waals surface area contributed by atoms with E-state index in [1.54, 1.807) is 9.47 Å². The lowest BCUT2D eigenvalue weighted by Gasteiger charge is -2.29. The molecule has 2 fully saturated rings. The molecule has 0 radical (unpaired) electrons. The van der Waals surface area contributed by atoms with E-state index in [0.717, 1.165) is 30.9 Å². The summed E-state index contributed by atoms with van der Waals surface area (Å²) in [6.45, 7) is 2.21. The Balaban J connectivity index is 1.62. The summed E-state index contributed by atoms with van der Waals surface area (Å²) in [6, 6.07) is 3.73. The summed E-state index contributed by atoms with van der Waals surface area (Å²) < 4.78 is 27.9. The first-order valence-corrected chi connectivity index (χ1v) is 12.5. The molecule has 0 atom stereocenters. The van der Waals surface area contributed by atoms with Crippen molar-refractivity contribution in [2.45, 2.75) is 38.1 Å². The molecule has 29 heavy (non-hydrogen) atoms. The number of rotatable bonds is 5. The molecule has 0 unspecified atom stereocenters. The normalized spacial score (nSPS) is 19.1. The van der Waals surface area contributed by atoms with Gasteiger partial charge in [-0.25, -0.2) is 26.8 Å². The highest BCUT2D eigenvalue weighted by Crippen LogP contribution is 2.29. The number of piperidine rings is 1. The largest absolute Gasteiger partial charge is 0.351 e. The average molecular weight is 440 g/mol. The molecule has 4 rings (SSSR count). The smallest absolute Gasteiger partial charge is 0.341 e. The zero-order valence-corrected chi connectivity index (χ0v) is 18.0. The summed E-state index contributed by atoms with van der Waals surface area (Å²) in [5.41, 5.74) is -0.319. The molecule has 2 aromatic rings. The van der Waals surface area contributed by atoms with Gasteiger partial charge < -0.3 is 4.90 Å². The van der Waals surface area contributed by atoms with Gasteiger partial charge in [0.2, 0.25) is 15.9 Å². The number of carbonyl (C=O) groups excluding carboxylic acids is 1. The van der Waals surface area contributed by atoms with Gasteiger partial charge >= 0.3 is 5.69 Å². The van der Waals surface area contributed by atoms with Crippen LogP contribution in [0.5, 0.6) is 0 Å². The number of likely N-dealkylation sites (tertiary alicyclic amines) is 1. The highest BCUT2D eigenvalue weighted by Gasteiger charge is 2.31. The van der Waals surface area contributed by atoms with Crippen molar-refractivity contribution in [2.75, 3.05) is 32.4 Å². The molecule has 4 heterocycles. The zero-order valence-electron chi connectivity index (χ0n) is 16.4. The third kappa shape index (κ3) is 4.17. The van der Waals surface area contributed by atoms with Gasteiger partial charge in [-0.05, 0) is 43.2 Å². The fraction of sp³-hybridized carbons (Fsp3) is 0.611. The van der Waals surface area contributed by atoms with Crippen LogP contribution in [0.25, 0.3) is 5.00 Å². The molecule has 2 saturated heterocycles. The summed E-state index contributed by atoms with van der Waals surface area (Å²) in [5, 5.41) is 7.20. The van der Waals surface area contributed by atoms with Crippen LogP contribution in [0.15, 0.2) is 22.3 Å². The maximum atomic E-state index is 13.1. The lowest BCUT2D eigenvalue weighted by atomic mass is 9.97. The van der Waals surface area contributed by atoms with E-state index in [0.29, 0.717) is 31.8 Å². The van der Waals surface area contributed by atoms with Crippen molar-refractivity contribution >= 4 is 27.3 Å². The molecule has 0 bridgehead atoms. The van der Waals surface area contributed by atoms with Gasteiger partial charge in [0, 0.05) is 32.1 Å². The molecule has 2 aromatic heterocycles. The predicted molar refractivity (Wildman–Crippen MR) is 110 cm³/mol. The minimum atomic E-state index is -3.22. The Morgan fingerprint density at radius 3 is 2.48 bits per heavy atom. The van der Waals surface area contributed by atoms with Gasteiger partial charge in [0.1, 0.15) is 17.4 Å². The minimum Gasteiger partial charge on any atom is -0.341 e. The Morgan fingerprint density at radius 2 is 1.90 bits per heavy atom. The van der Waals surface area contributed by atoms with E-state index in [1.165, 1.54) is 26.6 Å². The summed E-state index contributed by atoms with van der Waals surface area (Å²) in [7, 11) is -3.22. The number of aromatic nitrogens is 3. The van der Waals surface area contributed by atoms with Crippen molar-refractivity contribution in [3.63, 3.8) is 0 Å². The molecule has 158 valence electrons. The molecular weight excluding hydrogens is 414 g/mol. The van der Waals surface area contributed by atoms with Gasteiger partial charge in [-0.2, -0.15) is 5.10 Å². The van der Waals surface area contributed by atoms with E-state index in [4.69, 9.17) is 0 Å². The van der Waals surface area contributed by atoms with E-state index in [1.807, 2.05) is 17.5 Å². The Hall–Kier alpha value is -1.98. The van der Waals surface area contributed by atoms with E-state index >= 15 is 0 Å². The summed E-state index contributed by atoms with van der Waals surface area (Å²) in [6.07, 6.45) is 4.39. The van der Waals surface area contributed by atoms with Crippen molar-refractivity contribution in [2.24, 2.45) is 0 Å². The third-order valence-corrected chi connectivity index (χ3v) is 7.78. The highest BCUT2D eigenvalue weighted by atomic mass is 32.2. The fourth-order valence-corrected chi connectivity index (χ4v) is 5.64. The maximum absolute atomic E-state index is 13.1. The topological polar surface area (TPSA) is 97.5 Å². The predicted octanol–water partition coefficient (Wildman–Crippen LogP) is 0.857. The number of hydrogen-bond donors (Lipinski definition) is 0. The molecule has 1 amide bonds. The molecule has 2 aliphatic heterocycles. The molecule has 11 heteroatoms. The number of thiophene rings is 1. The van der Waals surface area contributed by atoms with Gasteiger partial charge in [-0.3, -0.25) is 4.79 Å². The van der Waals surface area contributed by atoms with Crippen LogP contribution in [-0.2, 0) is 21.4 Å². The Morgan fingerprint density at radius 1 is 1.21 bits per heavy atom. The number of hydrogen-bond acceptors (Lipinski definition) is 6. The summed E-state index contributed by atoms with van der Waals surface area (Å²) in [5.74, 6) is 0.490. The first-order valence-electron chi connectivity index (χ1n) is 9.81. The monoisotopic (exact) mass is 439 g/mol. The molecular formula is C18H25N5O4S2. The van der Waals surface area contributed by atoms with E-state index < -0.39 is 10.0 Å². The van der Waals surface area contributed by atoms with Gasteiger partial charge in [-0.1, -0.05) is 0 Å². The molecule has 2 aliphatic rings. The van der Waals surface area contributed by atoms with Gasteiger partial charge in [0.15, 0.2) is 0 Å². The molecule has 0 saturated carbocycles. The SMILES string of the molecule is CS(=O)(=O)N1CCC(c2nn(CC(=O)N3CCCC3)c(=O)n2-c2cccs2)CC1. The molecule has 0 spiro atoms. The van der Waals surface area contributed by atoms with Crippen LogP contribution in [0.2, 0.25) is 0 Å². The van der Waals surface area contributed by atoms with E-state index in [-0.39, 0.29) is 24.1 Å². The zero-order chi connectivity index (χ0) is 20.6. The molecule has 0 aromatic carbocycles. The number of carbonyl (C=O) groups is 1. The van der Waals surface area contributed by atoms with Crippen LogP contribution in [0.4, 0.5) is 0 Å². The number of nitrogens with zero attached hydrogens (tertiary/aromatic N) is 5. The Kier molecular flexibility index (Phi) is 5.63. The van der Waals surface area contributed by atoms with E-state index in [9.17, 15) is 18.0 Å². The number of sulfonamides is 1. The van der Waals surface area contributed by atoms with Crippen molar-refractivity contribution in [1.82, 2.24) is 23.6 Å². The summed E-state index contributed by atoms with van der Waals surface area (Å²) >= 11 is 1.44. The first-order chi connectivity index (χ1) is 13.8. The minimum absolute atomic E-state index is 0.0362. The van der Waals surface area contributed by atoms with Crippen molar-refractivity contribution in [1.29, 1.82) is 0 Å². The van der Waals surface area contributed by atoms with Crippen molar-refractivity contribution in [3.8, 4) is 5.00 Å². The molecule has 0 N–H and O–H groups in total. The molecule has 0 aliphatic carbocycles. The number of amides is 1. The second kappa shape index (κ2) is 8.04. The van der Waals surface area contributed by atoms with Crippen molar-refractivity contribution < 1.29 is 13.2 Å². The third-order valence-electron chi connectivity index (χ3n) is 5.62. The Labute approximate surface area is 173 Å². The van der Waals surface area contributed by atoms with Crippen LogP contribution < -0.4 is 5.69 Å². The van der Waals surface area contributed by atoms with Gasteiger partial charge in [-0.15, -0.1) is 11.3 Å².